The summed E-state index contributed by atoms with van der Waals surface area (Å²) >= 11 is 0. The minimum atomic E-state index is -0.137. The van der Waals surface area contributed by atoms with Crippen LogP contribution in [0.5, 0.6) is 5.75 Å². The molecule has 0 bridgehead atoms. The van der Waals surface area contributed by atoms with E-state index in [9.17, 15) is 4.79 Å². The molecule has 0 heterocycles. The van der Waals surface area contributed by atoms with Gasteiger partial charge in [0.15, 0.2) is 0 Å². The quantitative estimate of drug-likeness (QED) is 0.433. The molecule has 0 spiro atoms. The maximum Gasteiger partial charge on any atom is 0.302 e. The van der Waals surface area contributed by atoms with Gasteiger partial charge in [-0.25, -0.2) is 0 Å². The lowest BCUT2D eigenvalue weighted by Gasteiger charge is -2.57. The number of para-hydroxylation sites is 1. The molecule has 4 aliphatic rings. The first-order chi connectivity index (χ1) is 14.4. The van der Waals surface area contributed by atoms with Crippen LogP contribution in [0, 0.1) is 28.6 Å². The van der Waals surface area contributed by atoms with Crippen molar-refractivity contribution in [3.05, 3.63) is 42.0 Å². The van der Waals surface area contributed by atoms with Gasteiger partial charge in [0.25, 0.3) is 0 Å². The SMILES string of the molecule is CC(=O)OC1CC[C@@]2(C)C(=CC[C@@H]3[C@@H]2CC[C@]2(C)C(Oc4ccccc4)CC[C@@H]32)C1. The highest BCUT2D eigenvalue weighted by molar-refractivity contribution is 5.66. The van der Waals surface area contributed by atoms with Crippen LogP contribution in [0.4, 0.5) is 0 Å². The molecule has 4 aliphatic carbocycles. The number of benzene rings is 1. The molecule has 1 aromatic rings. The van der Waals surface area contributed by atoms with E-state index < -0.39 is 0 Å². The van der Waals surface area contributed by atoms with Gasteiger partial charge >= 0.3 is 5.97 Å². The van der Waals surface area contributed by atoms with Crippen molar-refractivity contribution >= 4 is 5.97 Å². The average Bonchev–Trinajstić information content (AvgIpc) is 3.05. The Morgan fingerprint density at radius 1 is 1.00 bits per heavy atom. The van der Waals surface area contributed by atoms with E-state index in [1.165, 1.54) is 39.0 Å². The highest BCUT2D eigenvalue weighted by atomic mass is 16.5. The Labute approximate surface area is 181 Å². The van der Waals surface area contributed by atoms with E-state index >= 15 is 0 Å². The fourth-order valence-corrected chi connectivity index (χ4v) is 7.77. The zero-order chi connectivity index (χ0) is 20.9. The number of carbonyl (C=O) groups excluding carboxylic acids is 1. The fourth-order valence-electron chi connectivity index (χ4n) is 7.77. The third kappa shape index (κ3) is 3.20. The summed E-state index contributed by atoms with van der Waals surface area (Å²) in [4.78, 5) is 11.4. The summed E-state index contributed by atoms with van der Waals surface area (Å²) in [5.41, 5.74) is 2.15. The van der Waals surface area contributed by atoms with Crippen molar-refractivity contribution in [2.24, 2.45) is 28.6 Å². The standard InChI is InChI=1S/C27H36O3/c1-18(28)29-21-13-15-26(2)19(17-21)9-10-22-23-11-12-25(27(23,3)16-14-24(22)26)30-20-7-5-4-6-8-20/h4-9,21-25H,10-17H2,1-3H3/t21?,22-,23-,24-,25?,26-,27-/m0/s1. The van der Waals surface area contributed by atoms with Crippen LogP contribution >= 0.6 is 0 Å². The smallest absolute Gasteiger partial charge is 0.302 e. The second kappa shape index (κ2) is 7.43. The van der Waals surface area contributed by atoms with Crippen LogP contribution < -0.4 is 4.74 Å². The van der Waals surface area contributed by atoms with Crippen molar-refractivity contribution in [2.75, 3.05) is 0 Å². The van der Waals surface area contributed by atoms with E-state index in [0.717, 1.165) is 42.8 Å². The van der Waals surface area contributed by atoms with Crippen molar-refractivity contribution in [1.29, 1.82) is 0 Å². The highest BCUT2D eigenvalue weighted by Crippen LogP contribution is 2.65. The molecule has 5 rings (SSSR count). The van der Waals surface area contributed by atoms with Gasteiger partial charge in [-0.05, 0) is 80.2 Å². The normalized spacial score (nSPS) is 42.4. The number of fused-ring (bicyclic) bond motifs is 5. The van der Waals surface area contributed by atoms with Crippen molar-refractivity contribution in [3.63, 3.8) is 0 Å². The predicted molar refractivity (Wildman–Crippen MR) is 118 cm³/mol. The number of allylic oxidation sites excluding steroid dienone is 1. The molecule has 3 nitrogen and oxygen atoms in total. The molecule has 0 saturated heterocycles. The van der Waals surface area contributed by atoms with E-state index in [-0.39, 0.29) is 17.5 Å². The van der Waals surface area contributed by atoms with Gasteiger partial charge in [0.2, 0.25) is 0 Å². The molecule has 0 aromatic heterocycles. The lowest BCUT2D eigenvalue weighted by atomic mass is 9.48. The summed E-state index contributed by atoms with van der Waals surface area (Å²) in [6, 6.07) is 10.4. The van der Waals surface area contributed by atoms with Crippen molar-refractivity contribution in [2.45, 2.75) is 84.3 Å². The van der Waals surface area contributed by atoms with Crippen molar-refractivity contribution in [3.8, 4) is 5.75 Å². The first-order valence-corrected chi connectivity index (χ1v) is 12.0. The van der Waals surface area contributed by atoms with Gasteiger partial charge < -0.3 is 9.47 Å². The van der Waals surface area contributed by atoms with E-state index in [1.54, 1.807) is 5.57 Å². The van der Waals surface area contributed by atoms with Crippen LogP contribution in [0.25, 0.3) is 0 Å². The van der Waals surface area contributed by atoms with Crippen LogP contribution in [-0.2, 0) is 9.53 Å². The third-order valence-corrected chi connectivity index (χ3v) is 9.33. The van der Waals surface area contributed by atoms with Crippen LogP contribution in [-0.4, -0.2) is 18.2 Å². The van der Waals surface area contributed by atoms with Gasteiger partial charge in [-0.2, -0.15) is 0 Å². The molecule has 0 amide bonds. The Balaban J connectivity index is 1.35. The van der Waals surface area contributed by atoms with Gasteiger partial charge in [0, 0.05) is 18.8 Å². The first-order valence-electron chi connectivity index (χ1n) is 12.0. The summed E-state index contributed by atoms with van der Waals surface area (Å²) in [5.74, 6) is 3.18. The lowest BCUT2D eigenvalue weighted by Crippen LogP contribution is -2.52. The van der Waals surface area contributed by atoms with Gasteiger partial charge in [-0.15, -0.1) is 0 Å². The summed E-state index contributed by atoms with van der Waals surface area (Å²) in [6.45, 7) is 6.55. The van der Waals surface area contributed by atoms with Crippen molar-refractivity contribution < 1.29 is 14.3 Å². The Kier molecular flexibility index (Phi) is 4.99. The Hall–Kier alpha value is -1.77. The molecule has 30 heavy (non-hydrogen) atoms. The Morgan fingerprint density at radius 2 is 1.80 bits per heavy atom. The topological polar surface area (TPSA) is 35.5 Å². The number of esters is 1. The van der Waals surface area contributed by atoms with Crippen molar-refractivity contribution in [1.82, 2.24) is 0 Å². The molecular formula is C27H36O3. The maximum absolute atomic E-state index is 11.4. The molecule has 0 aliphatic heterocycles. The summed E-state index contributed by atoms with van der Waals surface area (Å²) < 4.78 is 12.1. The second-order valence-corrected chi connectivity index (χ2v) is 10.8. The van der Waals surface area contributed by atoms with Crippen LogP contribution in [0.15, 0.2) is 42.0 Å². The van der Waals surface area contributed by atoms with Gasteiger partial charge in [0.05, 0.1) is 0 Å². The summed E-state index contributed by atoms with van der Waals surface area (Å²) in [5, 5.41) is 0. The van der Waals surface area contributed by atoms with Crippen LogP contribution in [0.2, 0.25) is 0 Å². The molecule has 3 heteroatoms. The predicted octanol–water partition coefficient (Wildman–Crippen LogP) is 6.33. The van der Waals surface area contributed by atoms with Crippen LogP contribution in [0.1, 0.15) is 72.1 Å². The molecule has 1 aromatic carbocycles. The average molecular weight is 409 g/mol. The molecule has 7 atom stereocenters. The third-order valence-electron chi connectivity index (χ3n) is 9.33. The van der Waals surface area contributed by atoms with Gasteiger partial charge in [-0.3, -0.25) is 4.79 Å². The number of hydrogen-bond acceptors (Lipinski definition) is 3. The van der Waals surface area contributed by atoms with E-state index in [0.29, 0.717) is 11.5 Å². The summed E-state index contributed by atoms with van der Waals surface area (Å²) in [7, 11) is 0. The Morgan fingerprint density at radius 3 is 2.57 bits per heavy atom. The zero-order valence-corrected chi connectivity index (χ0v) is 18.7. The molecule has 3 saturated carbocycles. The van der Waals surface area contributed by atoms with Gasteiger partial charge in [0.1, 0.15) is 18.0 Å². The van der Waals surface area contributed by atoms with Gasteiger partial charge in [-0.1, -0.05) is 43.7 Å². The summed E-state index contributed by atoms with van der Waals surface area (Å²) in [6.07, 6.45) is 12.3. The minimum absolute atomic E-state index is 0.0855. The number of ether oxygens (including phenoxy) is 2. The second-order valence-electron chi connectivity index (χ2n) is 10.8. The molecule has 3 fully saturated rings. The molecule has 162 valence electrons. The monoisotopic (exact) mass is 408 g/mol. The molecular weight excluding hydrogens is 372 g/mol. The molecule has 0 N–H and O–H groups in total. The van der Waals surface area contributed by atoms with E-state index in [2.05, 4.69) is 50.3 Å². The number of rotatable bonds is 3. The molecule has 0 radical (unpaired) electrons. The molecule has 2 unspecified atom stereocenters. The van der Waals surface area contributed by atoms with E-state index in [1.807, 2.05) is 0 Å². The van der Waals surface area contributed by atoms with E-state index in [4.69, 9.17) is 9.47 Å². The van der Waals surface area contributed by atoms with Crippen LogP contribution in [0.3, 0.4) is 0 Å². The lowest BCUT2D eigenvalue weighted by molar-refractivity contribution is -0.148. The number of hydrogen-bond donors (Lipinski definition) is 0. The first kappa shape index (κ1) is 20.2. The minimum Gasteiger partial charge on any atom is -0.490 e. The zero-order valence-electron chi connectivity index (χ0n) is 18.7. The highest BCUT2D eigenvalue weighted by Gasteiger charge is 2.59. The maximum atomic E-state index is 11.4. The Bertz CT molecular complexity index is 830. The largest absolute Gasteiger partial charge is 0.490 e. The fraction of sp³-hybridized carbons (Fsp3) is 0.667. The number of carbonyl (C=O) groups is 1.